The predicted molar refractivity (Wildman–Crippen MR) is 127 cm³/mol. The zero-order valence-electron chi connectivity index (χ0n) is 18.3. The number of benzene rings is 2. The smallest absolute Gasteiger partial charge is 0.253 e. The number of methoxy groups -OCH3 is 1. The van der Waals surface area contributed by atoms with Crippen molar-refractivity contribution in [3.05, 3.63) is 65.5 Å². The minimum Gasteiger partial charge on any atom is -0.497 e. The molecule has 2 aromatic carbocycles. The molecule has 1 amide bonds. The first-order chi connectivity index (χ1) is 15.5. The van der Waals surface area contributed by atoms with Crippen molar-refractivity contribution in [1.29, 1.82) is 0 Å². The lowest BCUT2D eigenvalue weighted by atomic mass is 10.1. The van der Waals surface area contributed by atoms with Crippen molar-refractivity contribution in [2.24, 2.45) is 0 Å². The number of carbonyl (C=O) groups excluding carboxylic acids is 1. The second kappa shape index (κ2) is 9.27. The fraction of sp³-hybridized carbons (Fsp3) is 0.217. The minimum atomic E-state index is -0.113. The lowest BCUT2D eigenvalue weighted by Crippen LogP contribution is -2.17. The van der Waals surface area contributed by atoms with Gasteiger partial charge in [-0.3, -0.25) is 4.79 Å². The van der Waals surface area contributed by atoms with Crippen molar-refractivity contribution in [2.45, 2.75) is 25.4 Å². The molecule has 9 heteroatoms. The topological polar surface area (TPSA) is 93.4 Å². The molecule has 0 saturated heterocycles. The van der Waals surface area contributed by atoms with E-state index in [9.17, 15) is 4.79 Å². The number of anilines is 3. The van der Waals surface area contributed by atoms with E-state index >= 15 is 0 Å². The number of nitrogens with zero attached hydrogens (tertiary/aromatic N) is 4. The second-order valence-electron chi connectivity index (χ2n) is 7.23. The van der Waals surface area contributed by atoms with E-state index < -0.39 is 0 Å². The molecular formula is C23H24N6O2S. The van der Waals surface area contributed by atoms with Crippen LogP contribution in [0.25, 0.3) is 5.78 Å². The van der Waals surface area contributed by atoms with Crippen molar-refractivity contribution in [1.82, 2.24) is 19.6 Å². The van der Waals surface area contributed by atoms with Gasteiger partial charge in [-0.15, -0.1) is 5.10 Å². The molecule has 0 aliphatic rings. The number of rotatable bonds is 7. The van der Waals surface area contributed by atoms with Gasteiger partial charge in [0.25, 0.3) is 5.78 Å². The Labute approximate surface area is 190 Å². The van der Waals surface area contributed by atoms with Gasteiger partial charge in [-0.05, 0) is 68.6 Å². The Morgan fingerprint density at radius 1 is 1.00 bits per heavy atom. The van der Waals surface area contributed by atoms with E-state index in [0.29, 0.717) is 10.9 Å². The molecule has 0 unspecified atom stereocenters. The average molecular weight is 449 g/mol. The normalized spacial score (nSPS) is 10.9. The van der Waals surface area contributed by atoms with Crippen molar-refractivity contribution >= 4 is 40.5 Å². The summed E-state index contributed by atoms with van der Waals surface area (Å²) in [4.78, 5) is 21.6. The van der Waals surface area contributed by atoms with Crippen LogP contribution in [0, 0.1) is 13.8 Å². The van der Waals surface area contributed by atoms with Crippen LogP contribution in [0.2, 0.25) is 0 Å². The van der Waals surface area contributed by atoms with Gasteiger partial charge in [0.1, 0.15) is 5.75 Å². The number of amides is 1. The quantitative estimate of drug-likeness (QED) is 0.405. The highest BCUT2D eigenvalue weighted by atomic mass is 32.2. The first kappa shape index (κ1) is 21.6. The van der Waals surface area contributed by atoms with Crippen molar-refractivity contribution in [3.63, 3.8) is 0 Å². The number of ether oxygens (including phenoxy) is 1. The summed E-state index contributed by atoms with van der Waals surface area (Å²) in [6, 6.07) is 15.3. The molecule has 0 aliphatic heterocycles. The summed E-state index contributed by atoms with van der Waals surface area (Å²) in [5.41, 5.74) is 5.11. The molecule has 0 fully saturated rings. The first-order valence-corrected chi connectivity index (χ1v) is 11.3. The standard InChI is InChI=1S/C23H24N6O2S/c1-14-20(15(2)29-22(24-14)27-23(28-29)32-4)13-21(30)26-18-7-5-16(6-8-18)25-17-9-11-19(31-3)12-10-17/h5-12,25H,13H2,1-4H3,(H,26,30). The Balaban J connectivity index is 1.42. The van der Waals surface area contributed by atoms with E-state index in [4.69, 9.17) is 4.74 Å². The lowest BCUT2D eigenvalue weighted by molar-refractivity contribution is -0.115. The number of thioether (sulfide) groups is 1. The first-order valence-electron chi connectivity index (χ1n) is 10.0. The van der Waals surface area contributed by atoms with E-state index in [1.165, 1.54) is 11.8 Å². The summed E-state index contributed by atoms with van der Waals surface area (Å²) in [5, 5.41) is 11.4. The molecule has 0 saturated carbocycles. The van der Waals surface area contributed by atoms with Crippen LogP contribution >= 0.6 is 11.8 Å². The van der Waals surface area contributed by atoms with E-state index in [2.05, 4.69) is 25.7 Å². The Bertz CT molecular complexity index is 1250. The monoisotopic (exact) mass is 448 g/mol. The third-order valence-electron chi connectivity index (χ3n) is 5.10. The van der Waals surface area contributed by atoms with Gasteiger partial charge in [0.2, 0.25) is 11.1 Å². The fourth-order valence-electron chi connectivity index (χ4n) is 3.38. The number of carbonyl (C=O) groups is 1. The van der Waals surface area contributed by atoms with E-state index in [1.807, 2.05) is 68.6 Å². The van der Waals surface area contributed by atoms with Crippen molar-refractivity contribution < 1.29 is 9.53 Å². The van der Waals surface area contributed by atoms with Crippen LogP contribution in [-0.4, -0.2) is 38.9 Å². The van der Waals surface area contributed by atoms with Crippen molar-refractivity contribution in [3.8, 4) is 5.75 Å². The van der Waals surface area contributed by atoms with Crippen LogP contribution < -0.4 is 15.4 Å². The van der Waals surface area contributed by atoms with Gasteiger partial charge in [-0.1, -0.05) is 11.8 Å². The number of hydrogen-bond acceptors (Lipinski definition) is 7. The van der Waals surface area contributed by atoms with Crippen LogP contribution in [0.1, 0.15) is 17.0 Å². The molecule has 164 valence electrons. The summed E-state index contributed by atoms with van der Waals surface area (Å²) >= 11 is 1.46. The Morgan fingerprint density at radius 2 is 1.62 bits per heavy atom. The maximum absolute atomic E-state index is 12.7. The second-order valence-corrected chi connectivity index (χ2v) is 8.00. The molecule has 4 aromatic rings. The third-order valence-corrected chi connectivity index (χ3v) is 5.63. The summed E-state index contributed by atoms with van der Waals surface area (Å²) in [6.45, 7) is 3.82. The molecular weight excluding hydrogens is 424 g/mol. The summed E-state index contributed by atoms with van der Waals surface area (Å²) in [6.07, 6.45) is 2.13. The highest BCUT2D eigenvalue weighted by molar-refractivity contribution is 7.98. The zero-order valence-corrected chi connectivity index (χ0v) is 19.2. The summed E-state index contributed by atoms with van der Waals surface area (Å²) < 4.78 is 6.87. The van der Waals surface area contributed by atoms with E-state index in [0.717, 1.165) is 39.8 Å². The molecule has 32 heavy (non-hydrogen) atoms. The highest BCUT2D eigenvalue weighted by Gasteiger charge is 2.16. The molecule has 4 rings (SSSR count). The van der Waals surface area contributed by atoms with Gasteiger partial charge in [0, 0.05) is 34.0 Å². The Morgan fingerprint density at radius 3 is 2.25 bits per heavy atom. The molecule has 0 radical (unpaired) electrons. The largest absolute Gasteiger partial charge is 0.497 e. The Hall–Kier alpha value is -3.59. The van der Waals surface area contributed by atoms with E-state index in [1.54, 1.807) is 11.6 Å². The van der Waals surface area contributed by atoms with Crippen LogP contribution in [0.3, 0.4) is 0 Å². The summed E-state index contributed by atoms with van der Waals surface area (Å²) in [5.74, 6) is 1.24. The van der Waals surface area contributed by atoms with Gasteiger partial charge in [-0.2, -0.15) is 4.98 Å². The van der Waals surface area contributed by atoms with Gasteiger partial charge >= 0.3 is 0 Å². The SMILES string of the molecule is COc1ccc(Nc2ccc(NC(=O)Cc3c(C)nc4nc(SC)nn4c3C)cc2)cc1. The number of nitrogens with one attached hydrogen (secondary N) is 2. The molecule has 2 heterocycles. The maximum atomic E-state index is 12.7. The number of hydrogen-bond donors (Lipinski definition) is 2. The molecule has 0 atom stereocenters. The van der Waals surface area contributed by atoms with Gasteiger partial charge in [0.15, 0.2) is 0 Å². The average Bonchev–Trinajstić information content (AvgIpc) is 3.22. The van der Waals surface area contributed by atoms with Crippen LogP contribution in [0.4, 0.5) is 17.1 Å². The highest BCUT2D eigenvalue weighted by Crippen LogP contribution is 2.22. The molecule has 0 bridgehead atoms. The van der Waals surface area contributed by atoms with Crippen LogP contribution in [0.5, 0.6) is 5.75 Å². The molecule has 0 spiro atoms. The molecule has 0 aliphatic carbocycles. The zero-order chi connectivity index (χ0) is 22.7. The number of aromatic nitrogens is 4. The minimum absolute atomic E-state index is 0.113. The summed E-state index contributed by atoms with van der Waals surface area (Å²) in [7, 11) is 1.64. The van der Waals surface area contributed by atoms with E-state index in [-0.39, 0.29) is 12.3 Å². The van der Waals surface area contributed by atoms with Crippen LogP contribution in [0.15, 0.2) is 53.7 Å². The molecule has 8 nitrogen and oxygen atoms in total. The maximum Gasteiger partial charge on any atom is 0.253 e. The van der Waals surface area contributed by atoms with Gasteiger partial charge in [-0.25, -0.2) is 9.50 Å². The lowest BCUT2D eigenvalue weighted by Gasteiger charge is -2.12. The van der Waals surface area contributed by atoms with Crippen molar-refractivity contribution in [2.75, 3.05) is 24.0 Å². The van der Waals surface area contributed by atoms with Gasteiger partial charge in [0.05, 0.1) is 13.5 Å². The number of aryl methyl sites for hydroxylation is 2. The number of fused-ring (bicyclic) bond motifs is 1. The molecule has 2 N–H and O–H groups in total. The molecule has 2 aromatic heterocycles. The van der Waals surface area contributed by atoms with Crippen LogP contribution in [-0.2, 0) is 11.2 Å². The predicted octanol–water partition coefficient (Wildman–Crippen LogP) is 4.40. The fourth-order valence-corrected chi connectivity index (χ4v) is 3.71. The third kappa shape index (κ3) is 4.67. The Kier molecular flexibility index (Phi) is 6.27. The van der Waals surface area contributed by atoms with Gasteiger partial charge < -0.3 is 15.4 Å².